The minimum Gasteiger partial charge on any atom is -0.331 e. The van der Waals surface area contributed by atoms with Crippen LogP contribution in [-0.2, 0) is 12.8 Å². The van der Waals surface area contributed by atoms with Crippen LogP contribution < -0.4 is 0 Å². The van der Waals surface area contributed by atoms with Crippen LogP contribution in [0.4, 0.5) is 0 Å². The van der Waals surface area contributed by atoms with Crippen LogP contribution in [0.1, 0.15) is 33.2 Å². The van der Waals surface area contributed by atoms with Crippen LogP contribution in [0.15, 0.2) is 42.6 Å². The van der Waals surface area contributed by atoms with Crippen LogP contribution in [0, 0.1) is 0 Å². The molecule has 3 heteroatoms. The smallest absolute Gasteiger partial charge is 0.256 e. The van der Waals surface area contributed by atoms with E-state index in [1.807, 2.05) is 17.0 Å². The van der Waals surface area contributed by atoms with Crippen molar-refractivity contribution in [1.82, 2.24) is 9.88 Å². The summed E-state index contributed by atoms with van der Waals surface area (Å²) >= 11 is 0. The lowest BCUT2D eigenvalue weighted by Gasteiger charge is -2.40. The average Bonchev–Trinajstić information content (AvgIpc) is 2.47. The lowest BCUT2D eigenvalue weighted by Crippen LogP contribution is -2.44. The van der Waals surface area contributed by atoms with E-state index >= 15 is 0 Å². The fourth-order valence-corrected chi connectivity index (χ4v) is 3.25. The standard InChI is InChI=1S/C16H14N2O/c19-16-13-6-3-8-17-14(13)10-15-12-5-2-1-4-11(12)7-9-18(15)16/h1-6,8,15H,7,9-10H2. The topological polar surface area (TPSA) is 33.2 Å². The molecule has 0 radical (unpaired) electrons. The monoisotopic (exact) mass is 250 g/mol. The molecule has 2 aliphatic heterocycles. The SMILES string of the molecule is O=C1c2cccnc2CC2c3ccccc3CCN12. The summed E-state index contributed by atoms with van der Waals surface area (Å²) in [5.74, 6) is 0.133. The van der Waals surface area contributed by atoms with Crippen LogP contribution in [0.25, 0.3) is 0 Å². The van der Waals surface area contributed by atoms with Crippen LogP contribution >= 0.6 is 0 Å². The van der Waals surface area contributed by atoms with E-state index in [0.717, 1.165) is 30.6 Å². The summed E-state index contributed by atoms with van der Waals surface area (Å²) in [4.78, 5) is 18.9. The normalized spacial score (nSPS) is 20.5. The highest BCUT2D eigenvalue weighted by atomic mass is 16.2. The van der Waals surface area contributed by atoms with E-state index in [9.17, 15) is 4.79 Å². The maximum atomic E-state index is 12.5. The van der Waals surface area contributed by atoms with Crippen molar-refractivity contribution in [3.63, 3.8) is 0 Å². The maximum absolute atomic E-state index is 12.5. The number of aromatic nitrogens is 1. The summed E-state index contributed by atoms with van der Waals surface area (Å²) in [7, 11) is 0. The molecule has 3 heterocycles. The van der Waals surface area contributed by atoms with Crippen LogP contribution in [0.5, 0.6) is 0 Å². The van der Waals surface area contributed by atoms with Crippen molar-refractivity contribution in [2.24, 2.45) is 0 Å². The Bertz CT molecular complexity index is 665. The Hall–Kier alpha value is -2.16. The molecule has 4 rings (SSSR count). The number of carbonyl (C=O) groups excluding carboxylic acids is 1. The third kappa shape index (κ3) is 1.51. The summed E-state index contributed by atoms with van der Waals surface area (Å²) in [6.07, 6.45) is 3.56. The highest BCUT2D eigenvalue weighted by Gasteiger charge is 2.36. The van der Waals surface area contributed by atoms with Crippen molar-refractivity contribution in [3.8, 4) is 0 Å². The van der Waals surface area contributed by atoms with Crippen molar-refractivity contribution in [3.05, 3.63) is 65.0 Å². The number of rotatable bonds is 0. The number of pyridine rings is 1. The molecular weight excluding hydrogens is 236 g/mol. The molecule has 94 valence electrons. The van der Waals surface area contributed by atoms with E-state index in [0.29, 0.717) is 0 Å². The minimum atomic E-state index is 0.133. The second-order valence-electron chi connectivity index (χ2n) is 5.16. The fourth-order valence-electron chi connectivity index (χ4n) is 3.25. The van der Waals surface area contributed by atoms with Gasteiger partial charge in [-0.15, -0.1) is 0 Å². The van der Waals surface area contributed by atoms with Gasteiger partial charge in [0.15, 0.2) is 0 Å². The number of nitrogens with zero attached hydrogens (tertiary/aromatic N) is 2. The van der Waals surface area contributed by atoms with Gasteiger partial charge < -0.3 is 4.90 Å². The predicted molar refractivity (Wildman–Crippen MR) is 71.9 cm³/mol. The van der Waals surface area contributed by atoms with Gasteiger partial charge in [0.25, 0.3) is 5.91 Å². The van der Waals surface area contributed by atoms with Gasteiger partial charge >= 0.3 is 0 Å². The summed E-state index contributed by atoms with van der Waals surface area (Å²) in [5, 5.41) is 0. The molecule has 0 saturated heterocycles. The van der Waals surface area contributed by atoms with E-state index in [4.69, 9.17) is 0 Å². The molecular formula is C16H14N2O. The summed E-state index contributed by atoms with van der Waals surface area (Å²) in [6, 6.07) is 12.3. The van der Waals surface area contributed by atoms with Gasteiger partial charge in [0.2, 0.25) is 0 Å². The first-order valence-electron chi connectivity index (χ1n) is 6.67. The zero-order valence-electron chi connectivity index (χ0n) is 10.5. The lowest BCUT2D eigenvalue weighted by molar-refractivity contribution is 0.0629. The van der Waals surface area contributed by atoms with Crippen molar-refractivity contribution < 1.29 is 4.79 Å². The lowest BCUT2D eigenvalue weighted by atomic mass is 9.86. The molecule has 0 fully saturated rings. The molecule has 1 aromatic carbocycles. The first kappa shape index (κ1) is 10.7. The Morgan fingerprint density at radius 2 is 2.05 bits per heavy atom. The van der Waals surface area contributed by atoms with E-state index in [2.05, 4.69) is 29.2 Å². The van der Waals surface area contributed by atoms with Gasteiger partial charge in [-0.25, -0.2) is 0 Å². The Kier molecular flexibility index (Phi) is 2.21. The van der Waals surface area contributed by atoms with Crippen molar-refractivity contribution >= 4 is 5.91 Å². The van der Waals surface area contributed by atoms with Crippen molar-refractivity contribution in [2.45, 2.75) is 18.9 Å². The molecule has 0 spiro atoms. The Balaban J connectivity index is 1.85. The molecule has 0 aliphatic carbocycles. The second-order valence-corrected chi connectivity index (χ2v) is 5.16. The van der Waals surface area contributed by atoms with Crippen molar-refractivity contribution in [2.75, 3.05) is 6.54 Å². The first-order valence-corrected chi connectivity index (χ1v) is 6.67. The third-order valence-corrected chi connectivity index (χ3v) is 4.18. The second kappa shape index (κ2) is 3.92. The number of benzene rings is 1. The molecule has 2 aromatic rings. The highest BCUT2D eigenvalue weighted by molar-refractivity contribution is 5.96. The zero-order valence-corrected chi connectivity index (χ0v) is 10.5. The van der Waals surface area contributed by atoms with Gasteiger partial charge in [-0.3, -0.25) is 9.78 Å². The van der Waals surface area contributed by atoms with Crippen LogP contribution in [0.2, 0.25) is 0 Å². The van der Waals surface area contributed by atoms with E-state index < -0.39 is 0 Å². The molecule has 19 heavy (non-hydrogen) atoms. The summed E-state index contributed by atoms with van der Waals surface area (Å²) < 4.78 is 0. The summed E-state index contributed by atoms with van der Waals surface area (Å²) in [6.45, 7) is 0.814. The summed E-state index contributed by atoms with van der Waals surface area (Å²) in [5.41, 5.74) is 4.37. The van der Waals surface area contributed by atoms with Gasteiger partial charge in [0.05, 0.1) is 17.3 Å². The molecule has 0 bridgehead atoms. The molecule has 1 unspecified atom stereocenters. The van der Waals surface area contributed by atoms with Gasteiger partial charge in [-0.05, 0) is 29.7 Å². The Morgan fingerprint density at radius 1 is 1.16 bits per heavy atom. The number of carbonyl (C=O) groups is 1. The zero-order chi connectivity index (χ0) is 12.8. The molecule has 2 aliphatic rings. The van der Waals surface area contributed by atoms with Crippen LogP contribution in [-0.4, -0.2) is 22.3 Å². The Labute approximate surface area is 111 Å². The van der Waals surface area contributed by atoms with E-state index in [1.54, 1.807) is 6.20 Å². The average molecular weight is 250 g/mol. The minimum absolute atomic E-state index is 0.133. The first-order chi connectivity index (χ1) is 9.34. The van der Waals surface area contributed by atoms with E-state index in [1.165, 1.54) is 11.1 Å². The molecule has 0 saturated carbocycles. The number of fused-ring (bicyclic) bond motifs is 4. The van der Waals surface area contributed by atoms with Gasteiger partial charge in [0, 0.05) is 19.2 Å². The number of amides is 1. The number of hydrogen-bond donors (Lipinski definition) is 0. The molecule has 3 nitrogen and oxygen atoms in total. The predicted octanol–water partition coefficient (Wildman–Crippen LogP) is 2.38. The quantitative estimate of drug-likeness (QED) is 0.719. The molecule has 1 amide bonds. The molecule has 1 atom stereocenters. The van der Waals surface area contributed by atoms with Gasteiger partial charge in [-0.2, -0.15) is 0 Å². The van der Waals surface area contributed by atoms with Gasteiger partial charge in [0.1, 0.15) is 0 Å². The largest absolute Gasteiger partial charge is 0.331 e. The van der Waals surface area contributed by atoms with Gasteiger partial charge in [-0.1, -0.05) is 24.3 Å². The fraction of sp³-hybridized carbons (Fsp3) is 0.250. The van der Waals surface area contributed by atoms with Crippen molar-refractivity contribution in [1.29, 1.82) is 0 Å². The van der Waals surface area contributed by atoms with Crippen LogP contribution in [0.3, 0.4) is 0 Å². The maximum Gasteiger partial charge on any atom is 0.256 e. The molecule has 1 aromatic heterocycles. The number of hydrogen-bond acceptors (Lipinski definition) is 2. The third-order valence-electron chi connectivity index (χ3n) is 4.18. The molecule has 0 N–H and O–H groups in total. The Morgan fingerprint density at radius 3 is 3.00 bits per heavy atom. The van der Waals surface area contributed by atoms with E-state index in [-0.39, 0.29) is 11.9 Å². The highest BCUT2D eigenvalue weighted by Crippen LogP contribution is 2.36.